The standard InChI is InChI=1S/C18H16ClN2O3PS/c19-12-4-5-17-14(9-12)16(11-26-17)15(10-25(23)24)18(22)21-8-6-13-3-1-2-7-20-13/h1-9,11,15,25H,10H2,(H,21,22)(H,23,24)/b8-6+. The van der Waals surface area contributed by atoms with E-state index in [0.717, 1.165) is 10.1 Å². The fourth-order valence-electron chi connectivity index (χ4n) is 2.59. The zero-order valence-electron chi connectivity index (χ0n) is 13.6. The summed E-state index contributed by atoms with van der Waals surface area (Å²) in [6.45, 7) is 0. The molecule has 3 rings (SSSR count). The van der Waals surface area contributed by atoms with Gasteiger partial charge < -0.3 is 10.2 Å². The number of pyridine rings is 1. The van der Waals surface area contributed by atoms with Gasteiger partial charge in [-0.15, -0.1) is 11.3 Å². The lowest BCUT2D eigenvalue weighted by molar-refractivity contribution is -0.121. The fourth-order valence-corrected chi connectivity index (χ4v) is 4.52. The second kappa shape index (κ2) is 8.60. The number of aromatic nitrogens is 1. The Morgan fingerprint density at radius 3 is 2.96 bits per heavy atom. The molecule has 2 heterocycles. The molecule has 0 radical (unpaired) electrons. The summed E-state index contributed by atoms with van der Waals surface area (Å²) in [5.41, 5.74) is 1.41. The first-order valence-electron chi connectivity index (χ1n) is 7.81. The maximum Gasteiger partial charge on any atom is 0.232 e. The number of carbonyl (C=O) groups is 1. The summed E-state index contributed by atoms with van der Waals surface area (Å²) in [6.07, 6.45) is 4.70. The van der Waals surface area contributed by atoms with Crippen LogP contribution in [0, 0.1) is 0 Å². The first-order chi connectivity index (χ1) is 12.5. The van der Waals surface area contributed by atoms with E-state index in [-0.39, 0.29) is 12.1 Å². The molecule has 0 saturated carbocycles. The number of nitrogens with zero attached hydrogens (tertiary/aromatic N) is 1. The van der Waals surface area contributed by atoms with Crippen LogP contribution in [0.1, 0.15) is 17.2 Å². The van der Waals surface area contributed by atoms with E-state index in [1.54, 1.807) is 36.5 Å². The van der Waals surface area contributed by atoms with Gasteiger partial charge in [0.1, 0.15) is 0 Å². The predicted molar refractivity (Wildman–Crippen MR) is 107 cm³/mol. The van der Waals surface area contributed by atoms with Crippen LogP contribution in [0.4, 0.5) is 0 Å². The highest BCUT2D eigenvalue weighted by atomic mass is 35.5. The highest BCUT2D eigenvalue weighted by Gasteiger charge is 2.25. The van der Waals surface area contributed by atoms with Crippen LogP contribution in [0.25, 0.3) is 16.2 Å². The van der Waals surface area contributed by atoms with Gasteiger partial charge in [0.05, 0.1) is 11.6 Å². The van der Waals surface area contributed by atoms with Crippen molar-refractivity contribution < 1.29 is 14.3 Å². The number of thiophene rings is 1. The molecule has 0 aliphatic rings. The summed E-state index contributed by atoms with van der Waals surface area (Å²) in [6, 6.07) is 10.9. The first kappa shape index (κ1) is 18.8. The van der Waals surface area contributed by atoms with Crippen LogP contribution in [0.15, 0.2) is 54.2 Å². The molecule has 0 aliphatic heterocycles. The summed E-state index contributed by atoms with van der Waals surface area (Å²) >= 11 is 7.55. The van der Waals surface area contributed by atoms with Gasteiger partial charge in [0.2, 0.25) is 5.91 Å². The maximum absolute atomic E-state index is 12.7. The molecule has 5 nitrogen and oxygen atoms in total. The lowest BCUT2D eigenvalue weighted by Crippen LogP contribution is -2.26. The highest BCUT2D eigenvalue weighted by molar-refractivity contribution is 7.38. The summed E-state index contributed by atoms with van der Waals surface area (Å²) in [5, 5.41) is 5.92. The molecule has 0 fully saturated rings. The van der Waals surface area contributed by atoms with Crippen molar-refractivity contribution in [3.63, 3.8) is 0 Å². The normalized spacial score (nSPS) is 13.8. The Balaban J connectivity index is 1.85. The zero-order valence-corrected chi connectivity index (χ0v) is 16.1. The van der Waals surface area contributed by atoms with Crippen LogP contribution in [0.5, 0.6) is 0 Å². The lowest BCUT2D eigenvalue weighted by Gasteiger charge is -2.14. The van der Waals surface area contributed by atoms with Gasteiger partial charge >= 0.3 is 0 Å². The molecule has 0 bridgehead atoms. The smallest absolute Gasteiger partial charge is 0.232 e. The van der Waals surface area contributed by atoms with Crippen LogP contribution in [0.2, 0.25) is 5.02 Å². The number of fused-ring (bicyclic) bond motifs is 1. The van der Waals surface area contributed by atoms with Gasteiger partial charge in [-0.1, -0.05) is 17.7 Å². The van der Waals surface area contributed by atoms with Crippen molar-refractivity contribution in [2.45, 2.75) is 5.92 Å². The quantitative estimate of drug-likeness (QED) is 0.598. The van der Waals surface area contributed by atoms with Gasteiger partial charge in [-0.05, 0) is 52.7 Å². The monoisotopic (exact) mass is 406 g/mol. The van der Waals surface area contributed by atoms with E-state index in [9.17, 15) is 14.3 Å². The number of carbonyl (C=O) groups excluding carboxylic acids is 1. The van der Waals surface area contributed by atoms with Gasteiger partial charge in [0.25, 0.3) is 0 Å². The molecule has 0 spiro atoms. The molecule has 2 unspecified atom stereocenters. The molecule has 2 atom stereocenters. The Bertz CT molecular complexity index is 975. The third kappa shape index (κ3) is 4.59. The van der Waals surface area contributed by atoms with Crippen molar-refractivity contribution in [2.75, 3.05) is 6.16 Å². The van der Waals surface area contributed by atoms with Crippen molar-refractivity contribution in [3.8, 4) is 0 Å². The molecular weight excluding hydrogens is 391 g/mol. The van der Waals surface area contributed by atoms with Crippen molar-refractivity contribution in [3.05, 3.63) is 70.5 Å². The molecule has 2 aromatic heterocycles. The average molecular weight is 407 g/mol. The Kier molecular flexibility index (Phi) is 6.22. The number of nitrogens with one attached hydrogen (secondary N) is 1. The number of benzene rings is 1. The van der Waals surface area contributed by atoms with E-state index in [1.165, 1.54) is 17.5 Å². The van der Waals surface area contributed by atoms with E-state index in [4.69, 9.17) is 11.6 Å². The van der Waals surface area contributed by atoms with E-state index in [2.05, 4.69) is 10.3 Å². The molecule has 3 aromatic rings. The third-order valence-electron chi connectivity index (χ3n) is 3.80. The van der Waals surface area contributed by atoms with Crippen LogP contribution >= 0.6 is 31.0 Å². The van der Waals surface area contributed by atoms with Crippen LogP contribution in [-0.4, -0.2) is 21.9 Å². The number of amides is 1. The Hall–Kier alpha value is -1.98. The van der Waals surface area contributed by atoms with Gasteiger partial charge in [-0.2, -0.15) is 0 Å². The molecule has 1 aromatic carbocycles. The predicted octanol–water partition coefficient (Wildman–Crippen LogP) is 4.29. The minimum Gasteiger partial charge on any atom is -0.346 e. The molecule has 1 amide bonds. The number of halogens is 1. The number of hydrogen-bond acceptors (Lipinski definition) is 4. The van der Waals surface area contributed by atoms with Gasteiger partial charge in [-0.3, -0.25) is 14.3 Å². The van der Waals surface area contributed by atoms with Gasteiger partial charge in [0.15, 0.2) is 8.03 Å². The fraction of sp³-hybridized carbons (Fsp3) is 0.111. The highest BCUT2D eigenvalue weighted by Crippen LogP contribution is 2.36. The summed E-state index contributed by atoms with van der Waals surface area (Å²) in [4.78, 5) is 26.2. The summed E-state index contributed by atoms with van der Waals surface area (Å²) in [7, 11) is -2.83. The van der Waals surface area contributed by atoms with Crippen LogP contribution < -0.4 is 5.32 Å². The molecule has 8 heteroatoms. The van der Waals surface area contributed by atoms with Crippen molar-refractivity contribution in [1.82, 2.24) is 10.3 Å². The minimum atomic E-state index is -2.83. The topological polar surface area (TPSA) is 79.3 Å². The second-order valence-electron chi connectivity index (χ2n) is 5.58. The lowest BCUT2D eigenvalue weighted by atomic mass is 9.99. The van der Waals surface area contributed by atoms with Crippen molar-refractivity contribution in [2.24, 2.45) is 0 Å². The van der Waals surface area contributed by atoms with E-state index >= 15 is 0 Å². The maximum atomic E-state index is 12.7. The molecule has 134 valence electrons. The molecule has 0 aliphatic carbocycles. The first-order valence-corrected chi connectivity index (χ1v) is 10.6. The molecule has 26 heavy (non-hydrogen) atoms. The van der Waals surface area contributed by atoms with E-state index in [1.807, 2.05) is 17.5 Å². The largest absolute Gasteiger partial charge is 0.346 e. The Morgan fingerprint density at radius 2 is 2.23 bits per heavy atom. The Labute approximate surface area is 160 Å². The Morgan fingerprint density at radius 1 is 1.38 bits per heavy atom. The number of hydrogen-bond donors (Lipinski definition) is 2. The van der Waals surface area contributed by atoms with E-state index in [0.29, 0.717) is 16.3 Å². The van der Waals surface area contributed by atoms with E-state index < -0.39 is 13.9 Å². The van der Waals surface area contributed by atoms with Crippen molar-refractivity contribution in [1.29, 1.82) is 0 Å². The average Bonchev–Trinajstić information content (AvgIpc) is 3.03. The molecular formula is C18H16ClN2O3PS. The zero-order chi connectivity index (χ0) is 18.5. The minimum absolute atomic E-state index is 0.119. The summed E-state index contributed by atoms with van der Waals surface area (Å²) < 4.78 is 12.4. The SMILES string of the molecule is O=C(N/C=C/c1ccccn1)C(C[PH](=O)O)c1csc2ccc(Cl)cc12. The van der Waals surface area contributed by atoms with Crippen LogP contribution in [-0.2, 0) is 9.36 Å². The summed E-state index contributed by atoms with van der Waals surface area (Å²) in [5.74, 6) is -1.07. The molecule has 0 saturated heterocycles. The number of rotatable bonds is 6. The third-order valence-corrected chi connectivity index (χ3v) is 5.78. The van der Waals surface area contributed by atoms with Crippen molar-refractivity contribution >= 4 is 53.0 Å². The van der Waals surface area contributed by atoms with Gasteiger partial charge in [0, 0.05) is 28.3 Å². The van der Waals surface area contributed by atoms with Crippen LogP contribution in [0.3, 0.4) is 0 Å². The molecule has 2 N–H and O–H groups in total. The second-order valence-corrected chi connectivity index (χ2v) is 8.12. The van der Waals surface area contributed by atoms with Gasteiger partial charge in [-0.25, -0.2) is 0 Å².